The number of nitrogens with two attached hydrogens (primary N) is 1. The molecule has 1 aliphatic heterocycles. The molecule has 20 heavy (non-hydrogen) atoms. The molecule has 116 valence electrons. The molecule has 2 fully saturated rings. The zero-order valence-corrected chi connectivity index (χ0v) is 12.6. The molecular weight excluding hydrogens is 252 g/mol. The van der Waals surface area contributed by atoms with Crippen molar-refractivity contribution < 1.29 is 9.53 Å². The minimum absolute atomic E-state index is 0.181. The average molecular weight is 282 g/mol. The van der Waals surface area contributed by atoms with Crippen LogP contribution in [0.1, 0.15) is 57.8 Å². The maximum atomic E-state index is 11.9. The summed E-state index contributed by atoms with van der Waals surface area (Å²) in [5.74, 6) is 1.37. The van der Waals surface area contributed by atoms with Gasteiger partial charge in [-0.25, -0.2) is 0 Å². The first-order valence-electron chi connectivity index (χ1n) is 8.38. The smallest absolute Gasteiger partial charge is 0.220 e. The fourth-order valence-electron chi connectivity index (χ4n) is 3.52. The van der Waals surface area contributed by atoms with Crippen LogP contribution in [0.4, 0.5) is 0 Å². The van der Waals surface area contributed by atoms with E-state index in [4.69, 9.17) is 10.5 Å². The Balaban J connectivity index is 1.61. The second kappa shape index (κ2) is 8.63. The van der Waals surface area contributed by atoms with Crippen LogP contribution in [0.25, 0.3) is 0 Å². The van der Waals surface area contributed by atoms with Gasteiger partial charge in [0, 0.05) is 19.6 Å². The zero-order valence-electron chi connectivity index (χ0n) is 12.6. The van der Waals surface area contributed by atoms with Gasteiger partial charge < -0.3 is 15.8 Å². The molecule has 0 spiro atoms. The van der Waals surface area contributed by atoms with Crippen LogP contribution in [-0.2, 0) is 9.53 Å². The predicted molar refractivity (Wildman–Crippen MR) is 80.3 cm³/mol. The van der Waals surface area contributed by atoms with E-state index in [2.05, 4.69) is 5.32 Å². The van der Waals surface area contributed by atoms with Crippen LogP contribution in [0.15, 0.2) is 0 Å². The second-order valence-electron chi connectivity index (χ2n) is 6.37. The molecule has 1 aliphatic carbocycles. The van der Waals surface area contributed by atoms with Gasteiger partial charge in [-0.2, -0.15) is 0 Å². The first-order valence-corrected chi connectivity index (χ1v) is 8.38. The number of rotatable bonds is 6. The zero-order chi connectivity index (χ0) is 14.2. The molecule has 2 aliphatic rings. The summed E-state index contributed by atoms with van der Waals surface area (Å²) in [5.41, 5.74) is 5.83. The Labute approximate surface area is 122 Å². The standard InChI is InChI=1S/C16H30N2O2/c17-11-13-5-1-2-6-14(13)12-18-16(19)9-8-15-7-3-4-10-20-15/h13-15H,1-12,17H2,(H,18,19). The van der Waals surface area contributed by atoms with Crippen molar-refractivity contribution in [2.24, 2.45) is 17.6 Å². The minimum Gasteiger partial charge on any atom is -0.378 e. The molecular formula is C16H30N2O2. The number of carbonyl (C=O) groups excluding carboxylic acids is 1. The molecule has 1 saturated heterocycles. The Hall–Kier alpha value is -0.610. The van der Waals surface area contributed by atoms with E-state index in [1.54, 1.807) is 0 Å². The third-order valence-corrected chi connectivity index (χ3v) is 4.90. The first-order chi connectivity index (χ1) is 9.79. The maximum absolute atomic E-state index is 11.9. The summed E-state index contributed by atoms with van der Waals surface area (Å²) in [6, 6.07) is 0. The lowest BCUT2D eigenvalue weighted by molar-refractivity contribution is -0.122. The SMILES string of the molecule is NCC1CCCCC1CNC(=O)CCC1CCCCO1. The van der Waals surface area contributed by atoms with E-state index in [0.717, 1.165) is 32.5 Å². The Kier molecular flexibility index (Phi) is 6.80. The van der Waals surface area contributed by atoms with Gasteiger partial charge in [-0.15, -0.1) is 0 Å². The monoisotopic (exact) mass is 282 g/mol. The van der Waals surface area contributed by atoms with Crippen LogP contribution >= 0.6 is 0 Å². The van der Waals surface area contributed by atoms with Gasteiger partial charge >= 0.3 is 0 Å². The van der Waals surface area contributed by atoms with Gasteiger partial charge in [0.2, 0.25) is 5.91 Å². The van der Waals surface area contributed by atoms with Crippen molar-refractivity contribution in [3.63, 3.8) is 0 Å². The number of carbonyl (C=O) groups is 1. The van der Waals surface area contributed by atoms with Crippen LogP contribution in [-0.4, -0.2) is 31.7 Å². The normalized spacial score (nSPS) is 30.9. The van der Waals surface area contributed by atoms with Gasteiger partial charge in [0.1, 0.15) is 0 Å². The van der Waals surface area contributed by atoms with Gasteiger partial charge in [-0.3, -0.25) is 4.79 Å². The van der Waals surface area contributed by atoms with Crippen molar-refractivity contribution in [2.75, 3.05) is 19.7 Å². The molecule has 4 nitrogen and oxygen atoms in total. The summed E-state index contributed by atoms with van der Waals surface area (Å²) >= 11 is 0. The number of amides is 1. The maximum Gasteiger partial charge on any atom is 0.220 e. The third kappa shape index (κ3) is 5.06. The minimum atomic E-state index is 0.181. The topological polar surface area (TPSA) is 64.3 Å². The quantitative estimate of drug-likeness (QED) is 0.785. The lowest BCUT2D eigenvalue weighted by Gasteiger charge is -2.30. The van der Waals surface area contributed by atoms with Crippen molar-refractivity contribution in [2.45, 2.75) is 63.9 Å². The van der Waals surface area contributed by atoms with E-state index in [0.29, 0.717) is 24.4 Å². The fraction of sp³-hybridized carbons (Fsp3) is 0.938. The van der Waals surface area contributed by atoms with Gasteiger partial charge in [-0.05, 0) is 56.9 Å². The van der Waals surface area contributed by atoms with Gasteiger partial charge in [0.25, 0.3) is 0 Å². The number of hydrogen-bond donors (Lipinski definition) is 2. The summed E-state index contributed by atoms with van der Waals surface area (Å²) < 4.78 is 5.66. The Morgan fingerprint density at radius 1 is 1.10 bits per heavy atom. The summed E-state index contributed by atoms with van der Waals surface area (Å²) in [4.78, 5) is 11.9. The molecule has 1 amide bonds. The van der Waals surface area contributed by atoms with Crippen LogP contribution in [0.3, 0.4) is 0 Å². The lowest BCUT2D eigenvalue weighted by Crippen LogP contribution is -2.37. The molecule has 3 N–H and O–H groups in total. The average Bonchev–Trinajstić information content (AvgIpc) is 2.52. The summed E-state index contributed by atoms with van der Waals surface area (Å²) in [5, 5.41) is 3.11. The van der Waals surface area contributed by atoms with Gasteiger partial charge in [0.05, 0.1) is 6.10 Å². The highest BCUT2D eigenvalue weighted by molar-refractivity contribution is 5.75. The van der Waals surface area contributed by atoms with Crippen molar-refractivity contribution in [1.82, 2.24) is 5.32 Å². The van der Waals surface area contributed by atoms with E-state index < -0.39 is 0 Å². The van der Waals surface area contributed by atoms with Crippen molar-refractivity contribution in [3.05, 3.63) is 0 Å². The molecule has 0 radical (unpaired) electrons. The summed E-state index contributed by atoms with van der Waals surface area (Å²) in [6.45, 7) is 2.44. The molecule has 3 unspecified atom stereocenters. The molecule has 1 heterocycles. The highest BCUT2D eigenvalue weighted by Crippen LogP contribution is 2.28. The van der Waals surface area contributed by atoms with Gasteiger partial charge in [-0.1, -0.05) is 12.8 Å². The van der Waals surface area contributed by atoms with Crippen molar-refractivity contribution >= 4 is 5.91 Å². The number of ether oxygens (including phenoxy) is 1. The van der Waals surface area contributed by atoms with E-state index in [9.17, 15) is 4.79 Å². The van der Waals surface area contributed by atoms with E-state index in [1.807, 2.05) is 0 Å². The first kappa shape index (κ1) is 15.8. The molecule has 3 atom stereocenters. The highest BCUT2D eigenvalue weighted by Gasteiger charge is 2.24. The molecule has 2 rings (SSSR count). The van der Waals surface area contributed by atoms with Gasteiger partial charge in [0.15, 0.2) is 0 Å². The Bertz CT molecular complexity index is 290. The Morgan fingerprint density at radius 3 is 2.55 bits per heavy atom. The summed E-state index contributed by atoms with van der Waals surface area (Å²) in [7, 11) is 0. The van der Waals surface area contributed by atoms with Crippen molar-refractivity contribution in [1.29, 1.82) is 0 Å². The molecule has 0 aromatic heterocycles. The molecule has 1 saturated carbocycles. The van der Waals surface area contributed by atoms with Crippen LogP contribution in [0, 0.1) is 11.8 Å². The van der Waals surface area contributed by atoms with E-state index in [-0.39, 0.29) is 5.91 Å². The number of hydrogen-bond acceptors (Lipinski definition) is 3. The highest BCUT2D eigenvalue weighted by atomic mass is 16.5. The largest absolute Gasteiger partial charge is 0.378 e. The van der Waals surface area contributed by atoms with Crippen LogP contribution in [0.2, 0.25) is 0 Å². The molecule has 4 heteroatoms. The third-order valence-electron chi connectivity index (χ3n) is 4.90. The molecule has 0 bridgehead atoms. The second-order valence-corrected chi connectivity index (χ2v) is 6.37. The van der Waals surface area contributed by atoms with Crippen LogP contribution in [0.5, 0.6) is 0 Å². The van der Waals surface area contributed by atoms with E-state index in [1.165, 1.54) is 38.5 Å². The lowest BCUT2D eigenvalue weighted by atomic mass is 9.79. The fourth-order valence-corrected chi connectivity index (χ4v) is 3.52. The number of nitrogens with one attached hydrogen (secondary N) is 1. The Morgan fingerprint density at radius 2 is 1.85 bits per heavy atom. The summed E-state index contributed by atoms with van der Waals surface area (Å²) in [6.07, 6.45) is 10.3. The molecule has 0 aromatic carbocycles. The van der Waals surface area contributed by atoms with Crippen LogP contribution < -0.4 is 11.1 Å². The predicted octanol–water partition coefficient (Wildman–Crippen LogP) is 2.22. The van der Waals surface area contributed by atoms with E-state index >= 15 is 0 Å². The molecule has 0 aromatic rings. The van der Waals surface area contributed by atoms with Crippen molar-refractivity contribution in [3.8, 4) is 0 Å².